The molecule has 0 unspecified atom stereocenters. The summed E-state index contributed by atoms with van der Waals surface area (Å²) in [6.07, 6.45) is 18.8. The summed E-state index contributed by atoms with van der Waals surface area (Å²) in [6.45, 7) is 14.7. The molecule has 0 saturated carbocycles. The summed E-state index contributed by atoms with van der Waals surface area (Å²) in [4.78, 5) is 48.8. The Morgan fingerprint density at radius 3 is 1.29 bits per heavy atom. The lowest BCUT2D eigenvalue weighted by Gasteiger charge is -2.37. The number of piperidine rings is 3. The van der Waals surface area contributed by atoms with Crippen LogP contribution in [0.2, 0.25) is 0 Å². The Kier molecular flexibility index (Phi) is 29.4. The van der Waals surface area contributed by atoms with E-state index in [1.165, 1.54) is 36.4 Å². The van der Waals surface area contributed by atoms with Gasteiger partial charge in [-0.3, -0.25) is 14.7 Å². The predicted octanol–water partition coefficient (Wildman–Crippen LogP) is 14.8. The number of rotatable bonds is 26. The molecule has 6 amide bonds. The Labute approximate surface area is 663 Å². The van der Waals surface area contributed by atoms with Crippen LogP contribution in [0.25, 0.3) is 34.2 Å². The van der Waals surface area contributed by atoms with Gasteiger partial charge in [-0.15, -0.1) is 5.10 Å². The highest BCUT2D eigenvalue weighted by Crippen LogP contribution is 2.31. The molecule has 9 atom stereocenters. The van der Waals surface area contributed by atoms with Gasteiger partial charge >= 0.3 is 18.1 Å². The van der Waals surface area contributed by atoms with Gasteiger partial charge < -0.3 is 51.8 Å². The number of tetrazole rings is 1. The van der Waals surface area contributed by atoms with Crippen LogP contribution in [0.3, 0.4) is 0 Å². The van der Waals surface area contributed by atoms with E-state index < -0.39 is 18.7 Å². The van der Waals surface area contributed by atoms with Gasteiger partial charge in [0.2, 0.25) is 0 Å². The lowest BCUT2D eigenvalue weighted by atomic mass is 9.91. The molecule has 10 aromatic rings. The Hall–Kier alpha value is -10.6. The van der Waals surface area contributed by atoms with E-state index in [9.17, 15) is 42.9 Å². The molecule has 3 aliphatic rings. The summed E-state index contributed by atoms with van der Waals surface area (Å²) >= 11 is 0. The van der Waals surface area contributed by atoms with E-state index in [1.807, 2.05) is 160 Å². The highest BCUT2D eigenvalue weighted by molar-refractivity contribution is 5.91. The van der Waals surface area contributed by atoms with Gasteiger partial charge in [-0.05, 0) is 232 Å². The van der Waals surface area contributed by atoms with Gasteiger partial charge in [-0.25, -0.2) is 46.6 Å². The van der Waals surface area contributed by atoms with Gasteiger partial charge in [-0.1, -0.05) is 62.4 Å². The van der Waals surface area contributed by atoms with Crippen LogP contribution in [0, 0.1) is 35.2 Å². The summed E-state index contributed by atoms with van der Waals surface area (Å²) in [7, 11) is 3.70. The monoisotopic (exact) mass is 1550 g/mol. The average Bonchev–Trinajstić information content (AvgIpc) is 1.86. The van der Waals surface area contributed by atoms with E-state index in [-0.39, 0.29) is 69.6 Å². The number of likely N-dealkylation sites (tertiary alicyclic amines) is 3. The van der Waals surface area contributed by atoms with Crippen LogP contribution in [0.4, 0.5) is 44.6 Å². The third kappa shape index (κ3) is 24.7. The van der Waals surface area contributed by atoms with Crippen LogP contribution in [-0.2, 0) is 33.4 Å². The van der Waals surface area contributed by atoms with Crippen molar-refractivity contribution in [2.45, 2.75) is 154 Å². The number of aryl methyl sites for hydroxylation is 2. The second kappa shape index (κ2) is 40.0. The Bertz CT molecular complexity index is 4570. The molecule has 25 nitrogen and oxygen atoms in total. The fraction of sp³-hybridized carbons (Fsp3) is 0.417. The van der Waals surface area contributed by atoms with Crippen molar-refractivity contribution in [2.75, 3.05) is 55.2 Å². The van der Waals surface area contributed by atoms with E-state index in [0.29, 0.717) is 59.9 Å². The highest BCUT2D eigenvalue weighted by Gasteiger charge is 2.30. The first-order valence-electron chi connectivity index (χ1n) is 38.8. The molecule has 112 heavy (non-hydrogen) atoms. The maximum Gasteiger partial charge on any atom is 0.319 e. The number of amides is 6. The van der Waals surface area contributed by atoms with Crippen molar-refractivity contribution in [1.82, 2.24) is 80.0 Å². The first-order valence-corrected chi connectivity index (χ1v) is 38.8. The Morgan fingerprint density at radius 1 is 0.482 bits per heavy atom. The second-order valence-electron chi connectivity index (χ2n) is 30.4. The topological polar surface area (TPSA) is 291 Å². The van der Waals surface area contributed by atoms with Gasteiger partial charge in [0.05, 0.1) is 11.4 Å². The molecule has 3 fully saturated rings. The van der Waals surface area contributed by atoms with Crippen LogP contribution < -0.4 is 31.9 Å². The molecule has 28 heteroatoms. The summed E-state index contributed by atoms with van der Waals surface area (Å²) < 4.78 is 46.6. The number of nitrogens with one attached hydrogen (secondary N) is 6. The number of nitrogens with zero attached hydrogens (tertiary/aromatic N) is 13. The summed E-state index contributed by atoms with van der Waals surface area (Å²) in [6, 6.07) is 40.9. The molecule has 13 rings (SSSR count). The number of carbonyl (C=O) groups is 3. The number of urea groups is 3. The van der Waals surface area contributed by atoms with Crippen molar-refractivity contribution >= 4 is 35.2 Å². The number of imidazole rings is 1. The number of benzene rings is 6. The first kappa shape index (κ1) is 82.3. The molecule has 7 heterocycles. The minimum atomic E-state index is -0.661. The van der Waals surface area contributed by atoms with Crippen LogP contribution in [-0.4, -0.2) is 174 Å². The fourth-order valence-corrected chi connectivity index (χ4v) is 15.0. The molecule has 608 valence electrons. The summed E-state index contributed by atoms with van der Waals surface area (Å²) in [5.41, 5.74) is 9.63. The molecule has 0 spiro atoms. The summed E-state index contributed by atoms with van der Waals surface area (Å²) in [5.74, 6) is 2.24. The molecule has 3 aliphatic heterocycles. The smallest absolute Gasteiger partial charge is 0.319 e. The molecule has 0 aliphatic carbocycles. The molecule has 9 N–H and O–H groups in total. The van der Waals surface area contributed by atoms with Crippen molar-refractivity contribution in [1.29, 1.82) is 0 Å². The minimum absolute atomic E-state index is 0. The minimum Gasteiger partial charge on any atom is -0.378 e. The molecule has 0 bridgehead atoms. The quantitative estimate of drug-likeness (QED) is 0.0244. The zero-order chi connectivity index (χ0) is 79.2. The number of aromatic nitrogens is 10. The van der Waals surface area contributed by atoms with Gasteiger partial charge in [0.25, 0.3) is 0 Å². The number of carbonyl (C=O) groups excluding carboxylic acids is 3. The zero-order valence-corrected chi connectivity index (χ0v) is 64.8. The molecule has 6 aromatic carbocycles. The first-order chi connectivity index (χ1) is 54.0. The summed E-state index contributed by atoms with van der Waals surface area (Å²) in [5, 5.41) is 70.5. The normalized spacial score (nSPS) is 17.8. The lowest BCUT2D eigenvalue weighted by molar-refractivity contribution is -0.0308. The molecule has 4 aromatic heterocycles. The van der Waals surface area contributed by atoms with Crippen LogP contribution >= 0.6 is 0 Å². The Balaban J connectivity index is 0.000000365. The van der Waals surface area contributed by atoms with Crippen molar-refractivity contribution in [3.05, 3.63) is 222 Å². The van der Waals surface area contributed by atoms with Crippen LogP contribution in [0.1, 0.15) is 131 Å². The molecule has 0 radical (unpaired) electrons. The maximum atomic E-state index is 13.2. The zero-order valence-electron chi connectivity index (χ0n) is 64.8. The lowest BCUT2D eigenvalue weighted by Crippen LogP contribution is -2.47. The van der Waals surface area contributed by atoms with E-state index in [1.54, 1.807) is 39.7 Å². The fourth-order valence-electron chi connectivity index (χ4n) is 15.0. The highest BCUT2D eigenvalue weighted by atomic mass is 19.1. The number of aliphatic hydroxyl groups excluding tert-OH is 3. The largest absolute Gasteiger partial charge is 0.378 e. The number of halogens is 3. The predicted molar refractivity (Wildman–Crippen MR) is 442 cm³/mol. The molecular formula is C84H120F3N19O6. The van der Waals surface area contributed by atoms with E-state index in [2.05, 4.69) is 91.2 Å². The van der Waals surface area contributed by atoms with Crippen molar-refractivity contribution < 1.29 is 52.9 Å². The molecular weight excluding hydrogens is 1430 g/mol. The number of hydrogen-bond acceptors (Lipinski definition) is 15. The molecule has 3 saturated heterocycles. The van der Waals surface area contributed by atoms with Gasteiger partial charge in [-0.2, -0.15) is 10.2 Å². The number of hydrogen-bond donors (Lipinski definition) is 9. The average molecular weight is 1550 g/mol. The van der Waals surface area contributed by atoms with E-state index >= 15 is 0 Å². The second-order valence-corrected chi connectivity index (χ2v) is 30.4. The van der Waals surface area contributed by atoms with E-state index in [0.717, 1.165) is 148 Å². The van der Waals surface area contributed by atoms with Gasteiger partial charge in [0.15, 0.2) is 5.82 Å². The standard InChI is InChI=1S/C29H34FN7O2.C28H38FN7O2.C27H34FN5O2.7H2/c1-21(15-28(38)35-12-2-5-23(20-35)16-22-6-8-24(30)9-7-22)33-29(39)34-25-17-26(36-13-3-10-31-36)19-27(18-25)37-14-4-11-32-37;1-18(2)22-14-23(27-32-33-34-35(27)4)16-25(15-22)31-28(38)30-19(3)12-26(37)36-11-5-6-21(17-36)13-20-7-9-24(29)10-8-20;1-19(30-27(35)31-24-7-3-6-22(17-24)26-29-12-14-32(26)2)15-25(34)33-13-4-5-21(18-33)16-20-8-10-23(28)11-9-20;;;;;;;/h3-4,6-11,13-14,17-19,21,23,28,38H,2,5,12,15-16,20H2,1H3,(H2,33,34,39);7-10,14-16,18-19,21,26,37H,5-6,11-13,17H2,1-4H3,(H2,30,31,38);3,6-12,14,17,19,21,25,34H,4-5,13,15-16,18H2,1-2H3,(H2,30,31,35);7*1H/t21-,23+,28-;19-,21+,26-;19-,21+,25-;;;;;;;/m111......./s1. The number of anilines is 3. The number of aliphatic hydroxyl groups is 3. The van der Waals surface area contributed by atoms with Gasteiger partial charge in [0, 0.05) is 166 Å². The van der Waals surface area contributed by atoms with E-state index in [4.69, 9.17) is 0 Å². The van der Waals surface area contributed by atoms with Crippen molar-refractivity contribution in [2.24, 2.45) is 31.8 Å². The van der Waals surface area contributed by atoms with Crippen molar-refractivity contribution in [3.63, 3.8) is 0 Å². The SMILES string of the molecule is CC(C)c1cc(NC(=O)N[C@H](C)C[C@@H](O)N2CCC[C@@H](Cc3ccc(F)cc3)C2)cc(-c2nnnn2C)c1.C[C@H](C[C@@H](O)N1CCC[C@@H](Cc2ccc(F)cc2)C1)NC(=O)Nc1cc(-n2cccn2)cc(-n2cccn2)c1.C[C@H](C[C@@H](O)N1CCC[C@@H](Cc2ccc(F)cc2)C1)NC(=O)Nc1cccc(-c2nccn2C)c1.[HH].[HH].[HH].[HH].[HH].[HH].[HH]. The third-order valence-corrected chi connectivity index (χ3v) is 20.7. The third-order valence-electron chi connectivity index (χ3n) is 20.7. The maximum absolute atomic E-state index is 13.2. The van der Waals surface area contributed by atoms with Crippen LogP contribution in [0.5, 0.6) is 0 Å². The van der Waals surface area contributed by atoms with Crippen molar-refractivity contribution in [3.8, 4) is 34.2 Å². The Morgan fingerprint density at radius 2 is 0.902 bits per heavy atom. The van der Waals surface area contributed by atoms with Crippen LogP contribution in [0.15, 0.2) is 183 Å². The van der Waals surface area contributed by atoms with Gasteiger partial charge in [0.1, 0.15) is 42.0 Å².